The number of aliphatic hydroxyl groups is 2. The molecule has 6 heteroatoms. The number of halogens is 2. The molecule has 0 unspecified atom stereocenters. The number of carbonyl (C=O) groups is 1. The Kier molecular flexibility index (Phi) is 6.69. The highest BCUT2D eigenvalue weighted by Crippen LogP contribution is 2.16. The van der Waals surface area contributed by atoms with E-state index in [1.807, 2.05) is 0 Å². The van der Waals surface area contributed by atoms with E-state index in [4.69, 9.17) is 10.2 Å². The van der Waals surface area contributed by atoms with Gasteiger partial charge in [-0.1, -0.05) is 15.9 Å². The summed E-state index contributed by atoms with van der Waals surface area (Å²) in [7, 11) is 0. The standard InChI is InChI=1S/C13H15BrFNO3/c14-11-2-3-12(15)10(9-11)1-4-13(19)16(5-7-17)6-8-18/h1-4,9,17-18H,5-8H2/b4-1+. The molecule has 0 bridgehead atoms. The molecule has 0 saturated heterocycles. The molecule has 0 atom stereocenters. The summed E-state index contributed by atoms with van der Waals surface area (Å²) in [6, 6.07) is 4.42. The largest absolute Gasteiger partial charge is 0.395 e. The maximum absolute atomic E-state index is 13.4. The van der Waals surface area contributed by atoms with Crippen LogP contribution in [-0.2, 0) is 4.79 Å². The van der Waals surface area contributed by atoms with Gasteiger partial charge in [0.2, 0.25) is 5.91 Å². The van der Waals surface area contributed by atoms with Crippen molar-refractivity contribution in [3.8, 4) is 0 Å². The summed E-state index contributed by atoms with van der Waals surface area (Å²) in [5.41, 5.74) is 0.288. The van der Waals surface area contributed by atoms with E-state index in [0.29, 0.717) is 4.47 Å². The first-order valence-corrected chi connectivity index (χ1v) is 6.51. The normalized spacial score (nSPS) is 10.9. The molecule has 4 nitrogen and oxygen atoms in total. The summed E-state index contributed by atoms with van der Waals surface area (Å²) >= 11 is 3.22. The first-order chi connectivity index (χ1) is 9.08. The van der Waals surface area contributed by atoms with Crippen molar-refractivity contribution >= 4 is 27.9 Å². The third-order valence-corrected chi connectivity index (χ3v) is 2.91. The van der Waals surface area contributed by atoms with Crippen molar-refractivity contribution in [3.63, 3.8) is 0 Å². The Labute approximate surface area is 119 Å². The summed E-state index contributed by atoms with van der Waals surface area (Å²) in [6.45, 7) is -0.120. The zero-order valence-corrected chi connectivity index (χ0v) is 11.8. The summed E-state index contributed by atoms with van der Waals surface area (Å²) < 4.78 is 14.2. The molecule has 0 aromatic heterocycles. The number of benzene rings is 1. The first kappa shape index (κ1) is 15.8. The second-order valence-electron chi connectivity index (χ2n) is 3.77. The number of amides is 1. The second-order valence-corrected chi connectivity index (χ2v) is 4.69. The molecule has 1 aromatic rings. The van der Waals surface area contributed by atoms with Crippen LogP contribution in [0.3, 0.4) is 0 Å². The lowest BCUT2D eigenvalue weighted by molar-refractivity contribution is -0.126. The fraction of sp³-hybridized carbons (Fsp3) is 0.308. The van der Waals surface area contributed by atoms with Crippen molar-refractivity contribution in [1.29, 1.82) is 0 Å². The van der Waals surface area contributed by atoms with E-state index >= 15 is 0 Å². The fourth-order valence-electron chi connectivity index (χ4n) is 1.48. The fourth-order valence-corrected chi connectivity index (χ4v) is 1.86. The Morgan fingerprint density at radius 2 is 1.95 bits per heavy atom. The van der Waals surface area contributed by atoms with Gasteiger partial charge in [-0.15, -0.1) is 0 Å². The highest BCUT2D eigenvalue weighted by molar-refractivity contribution is 9.10. The molecule has 0 radical (unpaired) electrons. The molecule has 0 saturated carbocycles. The van der Waals surface area contributed by atoms with Crippen molar-refractivity contribution in [2.45, 2.75) is 0 Å². The van der Waals surface area contributed by atoms with E-state index < -0.39 is 5.82 Å². The zero-order chi connectivity index (χ0) is 14.3. The molecule has 0 fully saturated rings. The van der Waals surface area contributed by atoms with E-state index in [0.717, 1.165) is 0 Å². The predicted octanol–water partition coefficient (Wildman–Crippen LogP) is 1.41. The summed E-state index contributed by atoms with van der Waals surface area (Å²) in [4.78, 5) is 13.1. The number of hydrogen-bond acceptors (Lipinski definition) is 3. The molecule has 1 amide bonds. The molecule has 104 valence electrons. The summed E-state index contributed by atoms with van der Waals surface area (Å²) in [6.07, 6.45) is 2.58. The van der Waals surface area contributed by atoms with Crippen LogP contribution in [0, 0.1) is 5.82 Å². The minimum absolute atomic E-state index is 0.130. The number of carbonyl (C=O) groups excluding carboxylic acids is 1. The zero-order valence-electron chi connectivity index (χ0n) is 10.2. The topological polar surface area (TPSA) is 60.8 Å². The highest BCUT2D eigenvalue weighted by atomic mass is 79.9. The van der Waals surface area contributed by atoms with Gasteiger partial charge in [0, 0.05) is 29.2 Å². The minimum Gasteiger partial charge on any atom is -0.395 e. The third kappa shape index (κ3) is 5.10. The van der Waals surface area contributed by atoms with Gasteiger partial charge < -0.3 is 15.1 Å². The minimum atomic E-state index is -0.428. The van der Waals surface area contributed by atoms with Crippen LogP contribution in [0.2, 0.25) is 0 Å². The van der Waals surface area contributed by atoms with Crippen LogP contribution in [0.5, 0.6) is 0 Å². The van der Waals surface area contributed by atoms with Crippen molar-refractivity contribution < 1.29 is 19.4 Å². The molecule has 0 aliphatic heterocycles. The second kappa shape index (κ2) is 8.04. The monoisotopic (exact) mass is 331 g/mol. The molecule has 0 aliphatic carbocycles. The molecule has 0 aliphatic rings. The van der Waals surface area contributed by atoms with E-state index in [2.05, 4.69) is 15.9 Å². The van der Waals surface area contributed by atoms with Crippen LogP contribution in [0.25, 0.3) is 6.08 Å². The predicted molar refractivity (Wildman–Crippen MR) is 73.9 cm³/mol. The lowest BCUT2D eigenvalue weighted by Gasteiger charge is -2.18. The van der Waals surface area contributed by atoms with Gasteiger partial charge in [-0.2, -0.15) is 0 Å². The lowest BCUT2D eigenvalue weighted by Crippen LogP contribution is -2.34. The molecule has 19 heavy (non-hydrogen) atoms. The molecular weight excluding hydrogens is 317 g/mol. The molecule has 1 rings (SSSR count). The van der Waals surface area contributed by atoms with Crippen molar-refractivity contribution in [2.75, 3.05) is 26.3 Å². The quantitative estimate of drug-likeness (QED) is 0.775. The van der Waals surface area contributed by atoms with Gasteiger partial charge in [0.25, 0.3) is 0 Å². The van der Waals surface area contributed by atoms with Gasteiger partial charge in [0.15, 0.2) is 0 Å². The number of hydrogen-bond donors (Lipinski definition) is 2. The first-order valence-electron chi connectivity index (χ1n) is 5.72. The van der Waals surface area contributed by atoms with Crippen LogP contribution >= 0.6 is 15.9 Å². The van der Waals surface area contributed by atoms with Gasteiger partial charge in [-0.05, 0) is 24.3 Å². The molecule has 2 N–H and O–H groups in total. The van der Waals surface area contributed by atoms with Crippen molar-refractivity contribution in [2.24, 2.45) is 0 Å². The highest BCUT2D eigenvalue weighted by Gasteiger charge is 2.09. The number of aliphatic hydroxyl groups excluding tert-OH is 2. The summed E-state index contributed by atoms with van der Waals surface area (Å²) in [5.74, 6) is -0.814. The average Bonchev–Trinajstić information content (AvgIpc) is 2.39. The molecule has 1 aromatic carbocycles. The Morgan fingerprint density at radius 1 is 1.32 bits per heavy atom. The van der Waals surface area contributed by atoms with Gasteiger partial charge in [-0.3, -0.25) is 4.79 Å². The third-order valence-electron chi connectivity index (χ3n) is 2.42. The SMILES string of the molecule is O=C(/C=C/c1cc(Br)ccc1F)N(CCO)CCO. The number of rotatable bonds is 6. The lowest BCUT2D eigenvalue weighted by atomic mass is 10.2. The molecule has 0 spiro atoms. The van der Waals surface area contributed by atoms with Crippen LogP contribution in [-0.4, -0.2) is 47.3 Å². The van der Waals surface area contributed by atoms with Crippen molar-refractivity contribution in [1.82, 2.24) is 4.90 Å². The maximum atomic E-state index is 13.4. The van der Waals surface area contributed by atoms with E-state index in [9.17, 15) is 9.18 Å². The Bertz CT molecular complexity index is 459. The maximum Gasteiger partial charge on any atom is 0.246 e. The summed E-state index contributed by atoms with van der Waals surface area (Å²) in [5, 5.41) is 17.6. The van der Waals surface area contributed by atoms with Gasteiger partial charge in [-0.25, -0.2) is 4.39 Å². The molecular formula is C13H15BrFNO3. The van der Waals surface area contributed by atoms with E-state index in [1.165, 1.54) is 23.1 Å². The average molecular weight is 332 g/mol. The Balaban J connectivity index is 2.78. The number of nitrogens with zero attached hydrogens (tertiary/aromatic N) is 1. The van der Waals surface area contributed by atoms with E-state index in [-0.39, 0.29) is 37.8 Å². The smallest absolute Gasteiger partial charge is 0.246 e. The Morgan fingerprint density at radius 3 is 2.53 bits per heavy atom. The molecule has 0 heterocycles. The van der Waals surface area contributed by atoms with Gasteiger partial charge in [0.1, 0.15) is 5.82 Å². The van der Waals surface area contributed by atoms with Crippen LogP contribution in [0.15, 0.2) is 28.7 Å². The van der Waals surface area contributed by atoms with Crippen LogP contribution < -0.4 is 0 Å². The van der Waals surface area contributed by atoms with Crippen molar-refractivity contribution in [3.05, 3.63) is 40.1 Å². The Hall–Kier alpha value is -1.24. The van der Waals surface area contributed by atoms with Crippen LogP contribution in [0.4, 0.5) is 4.39 Å². The van der Waals surface area contributed by atoms with Gasteiger partial charge >= 0.3 is 0 Å². The van der Waals surface area contributed by atoms with Crippen LogP contribution in [0.1, 0.15) is 5.56 Å². The van der Waals surface area contributed by atoms with Gasteiger partial charge in [0.05, 0.1) is 13.2 Å². The van der Waals surface area contributed by atoms with E-state index in [1.54, 1.807) is 12.1 Å².